The number of rotatable bonds is 6. The van der Waals surface area contributed by atoms with E-state index in [1.54, 1.807) is 0 Å². The molecule has 1 aromatic rings. The maximum atomic E-state index is 13.1. The highest BCUT2D eigenvalue weighted by Crippen LogP contribution is 2.33. The van der Waals surface area contributed by atoms with Crippen LogP contribution < -0.4 is 16.6 Å². The summed E-state index contributed by atoms with van der Waals surface area (Å²) >= 11 is 0. The molecule has 3 fully saturated rings. The molecule has 0 bridgehead atoms. The van der Waals surface area contributed by atoms with Crippen LogP contribution in [0.1, 0.15) is 63.0 Å². The normalized spacial score (nSPS) is 27.4. The predicted molar refractivity (Wildman–Crippen MR) is 141 cm³/mol. The lowest BCUT2D eigenvalue weighted by atomic mass is 9.92. The summed E-state index contributed by atoms with van der Waals surface area (Å²) in [5.41, 5.74) is -2.78. The summed E-state index contributed by atoms with van der Waals surface area (Å²) in [6.45, 7) is 0. The number of allylic oxidation sites excluding steroid dienone is 2. The summed E-state index contributed by atoms with van der Waals surface area (Å²) in [6, 6.07) is -2.39. The van der Waals surface area contributed by atoms with Gasteiger partial charge in [0.15, 0.2) is 0 Å². The highest BCUT2D eigenvalue weighted by Gasteiger charge is 2.42. The van der Waals surface area contributed by atoms with Gasteiger partial charge in [0.1, 0.15) is 11.1 Å². The van der Waals surface area contributed by atoms with Crippen molar-refractivity contribution in [3.05, 3.63) is 44.1 Å². The maximum Gasteiger partial charge on any atom is 0.331 e. The molecule has 18 heteroatoms. The number of aromatic amines is 1. The standard InChI is InChI=1S/C23H28N4O12S2/c28-18-16(20(30)26(22(32)24-18)12-4-8-14(9-5-12)40(34,35)36)2-1-3-17-19(29)25-23(33)27(21(17)31)13-6-10-15(11-7-13)41(37,38)39/h1-3,12-15,30H,4-11H2,(H,24,28,32)(H,25,29,33)(H,34,35,36)(H,37,38,39). The molecule has 4 amide bonds. The molecule has 41 heavy (non-hydrogen) atoms. The van der Waals surface area contributed by atoms with Crippen LogP contribution in [0.3, 0.4) is 0 Å². The number of amides is 4. The van der Waals surface area contributed by atoms with E-state index < -0.39 is 88.9 Å². The predicted octanol–water partition coefficient (Wildman–Crippen LogP) is -0.169. The second kappa shape index (κ2) is 11.3. The number of hydrogen-bond donors (Lipinski definition) is 5. The van der Waals surface area contributed by atoms with E-state index in [4.69, 9.17) is 0 Å². The Kier molecular flexibility index (Phi) is 8.40. The fraction of sp³-hybridized carbons (Fsp3) is 0.522. The molecule has 4 rings (SSSR count). The molecule has 3 aliphatic rings. The van der Waals surface area contributed by atoms with E-state index in [-0.39, 0.29) is 51.4 Å². The largest absolute Gasteiger partial charge is 0.494 e. The molecule has 1 saturated heterocycles. The maximum absolute atomic E-state index is 13.1. The van der Waals surface area contributed by atoms with Gasteiger partial charge < -0.3 is 5.11 Å². The van der Waals surface area contributed by atoms with Crippen molar-refractivity contribution in [3.8, 4) is 5.88 Å². The van der Waals surface area contributed by atoms with Crippen LogP contribution in [-0.2, 0) is 29.8 Å². The topological polar surface area (TPSA) is 250 Å². The van der Waals surface area contributed by atoms with Gasteiger partial charge in [-0.25, -0.2) is 9.59 Å². The first-order valence-electron chi connectivity index (χ1n) is 12.7. The molecule has 5 N–H and O–H groups in total. The van der Waals surface area contributed by atoms with E-state index in [1.807, 2.05) is 5.32 Å². The van der Waals surface area contributed by atoms with Crippen molar-refractivity contribution in [3.63, 3.8) is 0 Å². The lowest BCUT2D eigenvalue weighted by Crippen LogP contribution is -2.58. The first-order chi connectivity index (χ1) is 19.1. The molecule has 16 nitrogen and oxygen atoms in total. The van der Waals surface area contributed by atoms with Crippen molar-refractivity contribution in [1.82, 2.24) is 19.8 Å². The fourth-order valence-electron chi connectivity index (χ4n) is 5.51. The van der Waals surface area contributed by atoms with Crippen LogP contribution in [0.4, 0.5) is 4.79 Å². The van der Waals surface area contributed by atoms with E-state index >= 15 is 0 Å². The number of carbonyl (C=O) groups is 3. The molecular weight excluding hydrogens is 588 g/mol. The second-order valence-electron chi connectivity index (χ2n) is 10.1. The van der Waals surface area contributed by atoms with Crippen molar-refractivity contribution in [2.75, 3.05) is 0 Å². The number of imide groups is 2. The minimum atomic E-state index is -4.28. The summed E-state index contributed by atoms with van der Waals surface area (Å²) in [4.78, 5) is 65.6. The number of nitrogens with zero attached hydrogens (tertiary/aromatic N) is 2. The quantitative estimate of drug-likeness (QED) is 0.159. The van der Waals surface area contributed by atoms with E-state index in [1.165, 1.54) is 0 Å². The van der Waals surface area contributed by atoms with Crippen molar-refractivity contribution in [2.24, 2.45) is 0 Å². The summed E-state index contributed by atoms with van der Waals surface area (Å²) in [5, 5.41) is 10.7. The highest BCUT2D eigenvalue weighted by molar-refractivity contribution is 7.86. The van der Waals surface area contributed by atoms with Gasteiger partial charge in [0.25, 0.3) is 37.6 Å². The molecule has 0 unspecified atom stereocenters. The van der Waals surface area contributed by atoms with E-state index in [0.717, 1.165) is 27.7 Å². The minimum absolute atomic E-state index is 0.00266. The number of hydrogen-bond acceptors (Lipinski definition) is 10. The van der Waals surface area contributed by atoms with Crippen LogP contribution >= 0.6 is 0 Å². The molecule has 2 aliphatic carbocycles. The van der Waals surface area contributed by atoms with Gasteiger partial charge in [0, 0.05) is 12.1 Å². The Morgan fingerprint density at radius 1 is 0.780 bits per heavy atom. The molecule has 2 saturated carbocycles. The van der Waals surface area contributed by atoms with Crippen LogP contribution in [0.15, 0.2) is 27.3 Å². The molecule has 1 aromatic heterocycles. The van der Waals surface area contributed by atoms with Crippen molar-refractivity contribution in [1.29, 1.82) is 0 Å². The Bertz CT molecular complexity index is 1660. The van der Waals surface area contributed by atoms with Gasteiger partial charge in [-0.1, -0.05) is 6.08 Å². The minimum Gasteiger partial charge on any atom is -0.494 e. The van der Waals surface area contributed by atoms with Gasteiger partial charge >= 0.3 is 11.7 Å². The van der Waals surface area contributed by atoms with E-state index in [9.17, 15) is 55.0 Å². The van der Waals surface area contributed by atoms with E-state index in [2.05, 4.69) is 4.98 Å². The zero-order valence-electron chi connectivity index (χ0n) is 21.4. The number of nitrogens with one attached hydrogen (secondary N) is 2. The van der Waals surface area contributed by atoms with Crippen LogP contribution in [0, 0.1) is 0 Å². The third-order valence-electron chi connectivity index (χ3n) is 7.67. The zero-order valence-corrected chi connectivity index (χ0v) is 23.1. The van der Waals surface area contributed by atoms with Crippen LogP contribution in [0.2, 0.25) is 0 Å². The summed E-state index contributed by atoms with van der Waals surface area (Å²) in [6.07, 6.45) is 3.58. The summed E-state index contributed by atoms with van der Waals surface area (Å²) in [5.74, 6) is -2.71. The Balaban J connectivity index is 1.55. The lowest BCUT2D eigenvalue weighted by molar-refractivity contribution is -0.132. The van der Waals surface area contributed by atoms with Crippen LogP contribution in [0.5, 0.6) is 5.88 Å². The van der Waals surface area contributed by atoms with Gasteiger partial charge in [-0.3, -0.25) is 43.3 Å². The molecule has 0 aromatic carbocycles. The van der Waals surface area contributed by atoms with Crippen molar-refractivity contribution < 1.29 is 45.4 Å². The lowest BCUT2D eigenvalue weighted by Gasteiger charge is -2.36. The monoisotopic (exact) mass is 616 g/mol. The third kappa shape index (κ3) is 6.34. The Hall–Kier alpha value is -3.61. The number of H-pyrrole nitrogens is 1. The number of carbonyl (C=O) groups excluding carboxylic acids is 3. The highest BCUT2D eigenvalue weighted by atomic mass is 32.2. The number of barbiturate groups is 1. The molecule has 0 radical (unpaired) electrons. The van der Waals surface area contributed by atoms with Gasteiger partial charge in [-0.15, -0.1) is 0 Å². The fourth-order valence-corrected chi connectivity index (χ4v) is 7.24. The van der Waals surface area contributed by atoms with Crippen LogP contribution in [0.25, 0.3) is 6.08 Å². The summed E-state index contributed by atoms with van der Waals surface area (Å²) < 4.78 is 65.0. The van der Waals surface area contributed by atoms with Gasteiger partial charge in [0.05, 0.1) is 10.5 Å². The molecule has 1 aliphatic heterocycles. The van der Waals surface area contributed by atoms with Gasteiger partial charge in [0.2, 0.25) is 5.88 Å². The van der Waals surface area contributed by atoms with Crippen molar-refractivity contribution >= 4 is 44.2 Å². The molecule has 224 valence electrons. The Labute approximate surface area is 233 Å². The molecular formula is C23H28N4O12S2. The van der Waals surface area contributed by atoms with Crippen molar-refractivity contribution in [2.45, 2.75) is 74.0 Å². The van der Waals surface area contributed by atoms with E-state index in [0.29, 0.717) is 0 Å². The second-order valence-corrected chi connectivity index (χ2v) is 13.5. The Morgan fingerprint density at radius 3 is 1.80 bits per heavy atom. The van der Waals surface area contributed by atoms with Crippen LogP contribution in [-0.4, -0.2) is 79.9 Å². The zero-order chi connectivity index (χ0) is 30.3. The average Bonchev–Trinajstić information content (AvgIpc) is 2.87. The number of aromatic hydroxyl groups is 1. The number of aromatic nitrogens is 2. The molecule has 0 atom stereocenters. The average molecular weight is 617 g/mol. The van der Waals surface area contributed by atoms with Gasteiger partial charge in [-0.2, -0.15) is 16.8 Å². The smallest absolute Gasteiger partial charge is 0.331 e. The third-order valence-corrected chi connectivity index (χ3v) is 10.3. The first kappa shape index (κ1) is 30.4. The first-order valence-corrected chi connectivity index (χ1v) is 15.7. The summed E-state index contributed by atoms with van der Waals surface area (Å²) in [7, 11) is -8.54. The molecule has 2 heterocycles. The Morgan fingerprint density at radius 2 is 1.29 bits per heavy atom. The molecule has 0 spiro atoms. The SMILES string of the molecule is O=C1NC(=O)N(C2CCC(S(=O)(=O)O)CC2)C(=O)C1=CC=Cc1c(O)n(C2CCC(S(=O)(=O)O)CC2)c(=O)[nH]c1=O. The number of urea groups is 1. The van der Waals surface area contributed by atoms with Gasteiger partial charge in [-0.05, 0) is 63.5 Å².